The number of hydrogen-bond donors (Lipinski definition) is 1. The number of hydrazone groups is 1. The van der Waals surface area contributed by atoms with Gasteiger partial charge in [0, 0.05) is 22.2 Å². The van der Waals surface area contributed by atoms with Gasteiger partial charge in [-0.15, -0.1) is 11.3 Å². The minimum atomic E-state index is -0.480. The molecule has 11 heteroatoms. The predicted octanol–water partition coefficient (Wildman–Crippen LogP) is 4.28. The summed E-state index contributed by atoms with van der Waals surface area (Å²) in [7, 11) is 0. The molecule has 0 atom stereocenters. The van der Waals surface area contributed by atoms with Crippen molar-refractivity contribution in [1.82, 2.24) is 5.43 Å². The molecule has 0 saturated carbocycles. The molecule has 0 aliphatic carbocycles. The zero-order valence-electron chi connectivity index (χ0n) is 16.2. The largest absolute Gasteiger partial charge is 0.481 e. The maximum atomic E-state index is 12.3. The Morgan fingerprint density at radius 2 is 2.06 bits per heavy atom. The number of nitro groups is 1. The van der Waals surface area contributed by atoms with Gasteiger partial charge < -0.3 is 9.47 Å². The molecule has 3 rings (SSSR count). The standard InChI is InChI=1S/C20H16BrN3O6S/c1-2-29-19(25)11-30-16-5-3-12(7-15(16)21)10-22-23-20(26)18-9-13-8-14(24(27)28)4-6-17(13)31-18/h3-10H,2,11H2,1H3,(H,23,26)/b22-10-. The molecule has 0 aliphatic heterocycles. The Labute approximate surface area is 188 Å². The van der Waals surface area contributed by atoms with Crippen molar-refractivity contribution in [2.24, 2.45) is 5.10 Å². The summed E-state index contributed by atoms with van der Waals surface area (Å²) >= 11 is 4.57. The highest BCUT2D eigenvalue weighted by atomic mass is 79.9. The van der Waals surface area contributed by atoms with Gasteiger partial charge in [0.2, 0.25) is 0 Å². The van der Waals surface area contributed by atoms with Crippen molar-refractivity contribution < 1.29 is 24.0 Å². The molecule has 0 aliphatic rings. The summed E-state index contributed by atoms with van der Waals surface area (Å²) in [5.41, 5.74) is 3.08. The summed E-state index contributed by atoms with van der Waals surface area (Å²) in [6.07, 6.45) is 1.45. The van der Waals surface area contributed by atoms with Crippen molar-refractivity contribution in [3.8, 4) is 5.75 Å². The topological polar surface area (TPSA) is 120 Å². The van der Waals surface area contributed by atoms with Gasteiger partial charge in [0.25, 0.3) is 11.6 Å². The van der Waals surface area contributed by atoms with Gasteiger partial charge in [-0.2, -0.15) is 5.10 Å². The van der Waals surface area contributed by atoms with Crippen LogP contribution in [-0.2, 0) is 9.53 Å². The maximum absolute atomic E-state index is 12.3. The average molecular weight is 506 g/mol. The lowest BCUT2D eigenvalue weighted by molar-refractivity contribution is -0.384. The molecular weight excluding hydrogens is 490 g/mol. The fraction of sp³-hybridized carbons (Fsp3) is 0.150. The van der Waals surface area contributed by atoms with E-state index in [-0.39, 0.29) is 18.9 Å². The second kappa shape index (κ2) is 10.1. The van der Waals surface area contributed by atoms with Gasteiger partial charge in [-0.3, -0.25) is 14.9 Å². The Morgan fingerprint density at radius 3 is 2.77 bits per heavy atom. The second-order valence-electron chi connectivity index (χ2n) is 6.07. The molecule has 1 heterocycles. The van der Waals surface area contributed by atoms with E-state index in [1.807, 2.05) is 0 Å². The molecule has 160 valence electrons. The first-order chi connectivity index (χ1) is 14.9. The Balaban J connectivity index is 1.61. The number of fused-ring (bicyclic) bond motifs is 1. The highest BCUT2D eigenvalue weighted by Crippen LogP contribution is 2.29. The second-order valence-corrected chi connectivity index (χ2v) is 8.01. The third-order valence-electron chi connectivity index (χ3n) is 3.92. The smallest absolute Gasteiger partial charge is 0.344 e. The number of benzene rings is 2. The Hall–Kier alpha value is -3.31. The number of hydrogen-bond acceptors (Lipinski definition) is 8. The third kappa shape index (κ3) is 5.86. The number of carbonyl (C=O) groups excluding carboxylic acids is 2. The van der Waals surface area contributed by atoms with E-state index in [1.54, 1.807) is 37.3 Å². The molecule has 1 amide bonds. The monoisotopic (exact) mass is 505 g/mol. The van der Waals surface area contributed by atoms with Crippen LogP contribution < -0.4 is 10.2 Å². The predicted molar refractivity (Wildman–Crippen MR) is 120 cm³/mol. The Kier molecular flexibility index (Phi) is 7.32. The Bertz CT molecular complexity index is 1180. The van der Waals surface area contributed by atoms with Gasteiger partial charge in [0.1, 0.15) is 5.75 Å². The van der Waals surface area contributed by atoms with Crippen molar-refractivity contribution in [3.05, 3.63) is 67.5 Å². The van der Waals surface area contributed by atoms with E-state index < -0.39 is 16.8 Å². The van der Waals surface area contributed by atoms with Crippen LogP contribution >= 0.6 is 27.3 Å². The number of nitro benzene ring substituents is 1. The van der Waals surface area contributed by atoms with Crippen LogP contribution in [0.4, 0.5) is 5.69 Å². The van der Waals surface area contributed by atoms with E-state index in [9.17, 15) is 19.7 Å². The summed E-state index contributed by atoms with van der Waals surface area (Å²) < 4.78 is 11.6. The van der Waals surface area contributed by atoms with Crippen LogP contribution in [0.1, 0.15) is 22.2 Å². The molecule has 0 bridgehead atoms. The maximum Gasteiger partial charge on any atom is 0.344 e. The lowest BCUT2D eigenvalue weighted by Crippen LogP contribution is -2.16. The molecule has 0 spiro atoms. The summed E-state index contributed by atoms with van der Waals surface area (Å²) in [6, 6.07) is 11.1. The molecule has 0 saturated heterocycles. The highest BCUT2D eigenvalue weighted by molar-refractivity contribution is 9.10. The quantitative estimate of drug-likeness (QED) is 0.211. The van der Waals surface area contributed by atoms with E-state index in [0.717, 1.165) is 4.70 Å². The van der Waals surface area contributed by atoms with Crippen molar-refractivity contribution in [3.63, 3.8) is 0 Å². The number of non-ortho nitro benzene ring substituents is 1. The van der Waals surface area contributed by atoms with Gasteiger partial charge in [0.15, 0.2) is 6.61 Å². The number of ether oxygens (including phenoxy) is 2. The molecule has 2 aromatic carbocycles. The van der Waals surface area contributed by atoms with Gasteiger partial charge in [0.05, 0.1) is 27.1 Å². The van der Waals surface area contributed by atoms with Crippen LogP contribution in [0, 0.1) is 10.1 Å². The fourth-order valence-electron chi connectivity index (χ4n) is 2.53. The molecule has 1 aromatic heterocycles. The summed E-state index contributed by atoms with van der Waals surface area (Å²) in [5.74, 6) is -0.416. The zero-order valence-corrected chi connectivity index (χ0v) is 18.6. The van der Waals surface area contributed by atoms with E-state index in [1.165, 1.54) is 29.7 Å². The van der Waals surface area contributed by atoms with E-state index >= 15 is 0 Å². The van der Waals surface area contributed by atoms with Crippen LogP contribution in [0.25, 0.3) is 10.1 Å². The first-order valence-corrected chi connectivity index (χ1v) is 10.6. The molecule has 0 fully saturated rings. The lowest BCUT2D eigenvalue weighted by atomic mass is 10.2. The van der Waals surface area contributed by atoms with Crippen molar-refractivity contribution in [2.75, 3.05) is 13.2 Å². The van der Waals surface area contributed by atoms with Gasteiger partial charge >= 0.3 is 5.97 Å². The lowest BCUT2D eigenvalue weighted by Gasteiger charge is -2.08. The van der Waals surface area contributed by atoms with E-state index in [4.69, 9.17) is 9.47 Å². The summed E-state index contributed by atoms with van der Waals surface area (Å²) in [6.45, 7) is 1.80. The minimum Gasteiger partial charge on any atom is -0.481 e. The highest BCUT2D eigenvalue weighted by Gasteiger charge is 2.13. The number of thiophene rings is 1. The Morgan fingerprint density at radius 1 is 1.26 bits per heavy atom. The molecule has 9 nitrogen and oxygen atoms in total. The molecule has 31 heavy (non-hydrogen) atoms. The molecule has 0 unspecified atom stereocenters. The zero-order chi connectivity index (χ0) is 22.4. The van der Waals surface area contributed by atoms with Crippen LogP contribution in [-0.4, -0.2) is 36.2 Å². The van der Waals surface area contributed by atoms with Crippen LogP contribution in [0.15, 0.2) is 52.0 Å². The fourth-order valence-corrected chi connectivity index (χ4v) is 3.97. The van der Waals surface area contributed by atoms with Crippen molar-refractivity contribution >= 4 is 61.1 Å². The van der Waals surface area contributed by atoms with E-state index in [0.29, 0.717) is 26.0 Å². The number of nitrogens with zero attached hydrogens (tertiary/aromatic N) is 2. The third-order valence-corrected chi connectivity index (χ3v) is 5.66. The number of rotatable bonds is 8. The number of esters is 1. The molecule has 0 radical (unpaired) electrons. The van der Waals surface area contributed by atoms with Gasteiger partial charge in [-0.05, 0) is 58.7 Å². The van der Waals surface area contributed by atoms with Crippen LogP contribution in [0.5, 0.6) is 5.75 Å². The SMILES string of the molecule is CCOC(=O)COc1ccc(/C=N\NC(=O)c2cc3cc([N+](=O)[O-])ccc3s2)cc1Br. The van der Waals surface area contributed by atoms with Crippen LogP contribution in [0.3, 0.4) is 0 Å². The average Bonchev–Trinajstić information content (AvgIpc) is 3.17. The first kappa shape index (κ1) is 22.4. The van der Waals surface area contributed by atoms with E-state index in [2.05, 4.69) is 26.5 Å². The molecular formula is C20H16BrN3O6S. The number of amides is 1. The summed E-state index contributed by atoms with van der Waals surface area (Å²) in [5, 5.41) is 15.4. The number of carbonyl (C=O) groups is 2. The minimum absolute atomic E-state index is 0.0319. The van der Waals surface area contributed by atoms with Gasteiger partial charge in [-0.1, -0.05) is 0 Å². The molecule has 3 aromatic rings. The van der Waals surface area contributed by atoms with Gasteiger partial charge in [-0.25, -0.2) is 10.2 Å². The first-order valence-electron chi connectivity index (χ1n) is 8.96. The van der Waals surface area contributed by atoms with Crippen LogP contribution in [0.2, 0.25) is 0 Å². The number of nitrogens with one attached hydrogen (secondary N) is 1. The molecule has 1 N–H and O–H groups in total. The van der Waals surface area contributed by atoms with Crippen molar-refractivity contribution in [2.45, 2.75) is 6.92 Å². The normalized spacial score (nSPS) is 10.9. The summed E-state index contributed by atoms with van der Waals surface area (Å²) in [4.78, 5) is 34.5. The van der Waals surface area contributed by atoms with Crippen molar-refractivity contribution in [1.29, 1.82) is 0 Å². The number of halogens is 1.